The Balaban J connectivity index is 2.67. The second kappa shape index (κ2) is 4.88. The van der Waals surface area contributed by atoms with E-state index in [1.165, 1.54) is 30.5 Å². The zero-order valence-corrected chi connectivity index (χ0v) is 10.3. The minimum Gasteiger partial charge on any atom is -0.384 e. The summed E-state index contributed by atoms with van der Waals surface area (Å²) in [6.07, 6.45) is 1.32. The van der Waals surface area contributed by atoms with Gasteiger partial charge < -0.3 is 5.73 Å². The number of alkyl halides is 2. The van der Waals surface area contributed by atoms with E-state index >= 15 is 0 Å². The van der Waals surface area contributed by atoms with E-state index in [4.69, 9.17) is 5.73 Å². The number of aromatic nitrogens is 2. The minimum atomic E-state index is -4.72. The van der Waals surface area contributed by atoms with Gasteiger partial charge in [-0.15, -0.1) is 0 Å². The van der Waals surface area contributed by atoms with Gasteiger partial charge in [-0.05, 0) is 18.2 Å². The summed E-state index contributed by atoms with van der Waals surface area (Å²) in [7, 11) is -4.72. The number of nitrogens with zero attached hydrogens (tertiary/aromatic N) is 2. The standard InChI is InChI=1S/C11H9F2N3O2S/c12-11(13)19(17,18)8-4-2-1-3-7(8)10-15-6-5-9(14)16-10/h1-6,11H,(H2,14,15,16). The van der Waals surface area contributed by atoms with Crippen molar-refractivity contribution < 1.29 is 17.2 Å². The lowest BCUT2D eigenvalue weighted by Gasteiger charge is -2.08. The van der Waals surface area contributed by atoms with Gasteiger partial charge >= 0.3 is 5.76 Å². The van der Waals surface area contributed by atoms with Gasteiger partial charge in [-0.2, -0.15) is 8.78 Å². The summed E-state index contributed by atoms with van der Waals surface area (Å²) in [5.74, 6) is -3.40. The number of anilines is 1. The summed E-state index contributed by atoms with van der Waals surface area (Å²) in [6.45, 7) is 0. The highest BCUT2D eigenvalue weighted by atomic mass is 32.2. The quantitative estimate of drug-likeness (QED) is 0.928. The normalized spacial score (nSPS) is 11.7. The summed E-state index contributed by atoms with van der Waals surface area (Å²) in [4.78, 5) is 7.16. The van der Waals surface area contributed by atoms with Crippen LogP contribution in [0.15, 0.2) is 41.4 Å². The largest absolute Gasteiger partial charge is 0.384 e. The molecule has 0 amide bonds. The first-order chi connectivity index (χ1) is 8.93. The van der Waals surface area contributed by atoms with E-state index in [1.54, 1.807) is 0 Å². The van der Waals surface area contributed by atoms with Gasteiger partial charge in [0.2, 0.25) is 9.84 Å². The first kappa shape index (κ1) is 13.3. The number of rotatable bonds is 3. The van der Waals surface area contributed by atoms with Crippen LogP contribution in [0.1, 0.15) is 0 Å². The molecule has 0 atom stereocenters. The molecule has 0 spiro atoms. The molecule has 0 bridgehead atoms. The summed E-state index contributed by atoms with van der Waals surface area (Å²) in [5, 5.41) is 0. The van der Waals surface area contributed by atoms with Gasteiger partial charge in [-0.25, -0.2) is 18.4 Å². The van der Waals surface area contributed by atoms with Crippen molar-refractivity contribution in [3.63, 3.8) is 0 Å². The predicted octanol–water partition coefficient (Wildman–Crippen LogP) is 1.72. The zero-order valence-electron chi connectivity index (χ0n) is 9.49. The lowest BCUT2D eigenvalue weighted by Crippen LogP contribution is -2.13. The maximum atomic E-state index is 12.6. The van der Waals surface area contributed by atoms with Crippen molar-refractivity contribution in [2.24, 2.45) is 0 Å². The molecule has 0 aliphatic carbocycles. The highest BCUT2D eigenvalue weighted by Crippen LogP contribution is 2.28. The molecule has 1 heterocycles. The van der Waals surface area contributed by atoms with E-state index in [1.807, 2.05) is 0 Å². The molecular weight excluding hydrogens is 276 g/mol. The summed E-state index contributed by atoms with van der Waals surface area (Å²) >= 11 is 0. The third-order valence-corrected chi connectivity index (χ3v) is 3.78. The second-order valence-electron chi connectivity index (χ2n) is 3.61. The molecule has 1 aromatic carbocycles. The van der Waals surface area contributed by atoms with E-state index < -0.39 is 20.5 Å². The number of benzene rings is 1. The Kier molecular flexibility index (Phi) is 3.43. The predicted molar refractivity (Wildman–Crippen MR) is 65.1 cm³/mol. The molecule has 0 saturated carbocycles. The zero-order chi connectivity index (χ0) is 14.0. The van der Waals surface area contributed by atoms with E-state index in [-0.39, 0.29) is 17.2 Å². The van der Waals surface area contributed by atoms with Gasteiger partial charge in [0.25, 0.3) is 0 Å². The topological polar surface area (TPSA) is 85.9 Å². The molecule has 2 aromatic rings. The lowest BCUT2D eigenvalue weighted by atomic mass is 10.2. The van der Waals surface area contributed by atoms with E-state index in [9.17, 15) is 17.2 Å². The highest BCUT2D eigenvalue weighted by molar-refractivity contribution is 7.91. The molecule has 2 rings (SSSR count). The Hall–Kier alpha value is -2.09. The van der Waals surface area contributed by atoms with E-state index in [0.29, 0.717) is 0 Å². The fourth-order valence-electron chi connectivity index (χ4n) is 1.50. The van der Waals surface area contributed by atoms with Crippen LogP contribution in [0.5, 0.6) is 0 Å². The molecule has 0 saturated heterocycles. The fraction of sp³-hybridized carbons (Fsp3) is 0.0909. The Labute approximate surface area is 108 Å². The average Bonchev–Trinajstić information content (AvgIpc) is 2.38. The van der Waals surface area contributed by atoms with Gasteiger partial charge in [-0.1, -0.05) is 12.1 Å². The molecule has 2 N–H and O–H groups in total. The van der Waals surface area contributed by atoms with Gasteiger partial charge in [0.15, 0.2) is 5.82 Å². The third-order valence-electron chi connectivity index (χ3n) is 2.35. The van der Waals surface area contributed by atoms with Crippen LogP contribution in [0.2, 0.25) is 0 Å². The van der Waals surface area contributed by atoms with Crippen LogP contribution in [0.4, 0.5) is 14.6 Å². The summed E-state index contributed by atoms with van der Waals surface area (Å²) < 4.78 is 48.4. The number of hydrogen-bond acceptors (Lipinski definition) is 5. The Morgan fingerprint density at radius 1 is 1.16 bits per heavy atom. The number of nitrogen functional groups attached to an aromatic ring is 1. The van der Waals surface area contributed by atoms with Crippen LogP contribution in [0.3, 0.4) is 0 Å². The van der Waals surface area contributed by atoms with Crippen LogP contribution in [-0.2, 0) is 9.84 Å². The molecule has 8 heteroatoms. The van der Waals surface area contributed by atoms with Crippen LogP contribution >= 0.6 is 0 Å². The van der Waals surface area contributed by atoms with Crippen molar-refractivity contribution in [3.8, 4) is 11.4 Å². The first-order valence-electron chi connectivity index (χ1n) is 5.13. The Morgan fingerprint density at radius 3 is 2.47 bits per heavy atom. The van der Waals surface area contributed by atoms with Crippen molar-refractivity contribution in [2.45, 2.75) is 10.7 Å². The average molecular weight is 285 g/mol. The monoisotopic (exact) mass is 285 g/mol. The second-order valence-corrected chi connectivity index (χ2v) is 5.49. The smallest absolute Gasteiger partial charge is 0.341 e. The fourth-order valence-corrected chi connectivity index (χ4v) is 2.42. The van der Waals surface area contributed by atoms with Gasteiger partial charge in [0.1, 0.15) is 5.82 Å². The van der Waals surface area contributed by atoms with Crippen LogP contribution in [0, 0.1) is 0 Å². The van der Waals surface area contributed by atoms with Crippen LogP contribution < -0.4 is 5.73 Å². The Morgan fingerprint density at radius 2 is 1.84 bits per heavy atom. The molecule has 0 radical (unpaired) electrons. The van der Waals surface area contributed by atoms with Crippen molar-refractivity contribution >= 4 is 15.7 Å². The maximum absolute atomic E-state index is 12.6. The third kappa shape index (κ3) is 2.53. The number of sulfone groups is 1. The van der Waals surface area contributed by atoms with Crippen LogP contribution in [0.25, 0.3) is 11.4 Å². The molecular formula is C11H9F2N3O2S. The van der Waals surface area contributed by atoms with Gasteiger partial charge in [-0.3, -0.25) is 0 Å². The number of hydrogen-bond donors (Lipinski definition) is 1. The Bertz CT molecular complexity index is 705. The molecule has 0 unspecified atom stereocenters. The van der Waals surface area contributed by atoms with E-state index in [0.717, 1.165) is 6.07 Å². The molecule has 0 aliphatic heterocycles. The highest BCUT2D eigenvalue weighted by Gasteiger charge is 2.29. The van der Waals surface area contributed by atoms with Crippen molar-refractivity contribution in [1.29, 1.82) is 0 Å². The molecule has 19 heavy (non-hydrogen) atoms. The number of halogens is 2. The number of nitrogens with two attached hydrogens (primary N) is 1. The summed E-state index contributed by atoms with van der Waals surface area (Å²) in [6, 6.07) is 6.71. The van der Waals surface area contributed by atoms with Gasteiger partial charge in [0.05, 0.1) is 4.90 Å². The molecule has 0 fully saturated rings. The van der Waals surface area contributed by atoms with Crippen molar-refractivity contribution in [1.82, 2.24) is 9.97 Å². The van der Waals surface area contributed by atoms with Crippen molar-refractivity contribution in [2.75, 3.05) is 5.73 Å². The van der Waals surface area contributed by atoms with Gasteiger partial charge in [0, 0.05) is 11.8 Å². The van der Waals surface area contributed by atoms with Crippen LogP contribution in [-0.4, -0.2) is 24.1 Å². The molecule has 100 valence electrons. The lowest BCUT2D eigenvalue weighted by molar-refractivity contribution is 0.235. The molecule has 5 nitrogen and oxygen atoms in total. The minimum absolute atomic E-state index is 0.00454. The SMILES string of the molecule is Nc1ccnc(-c2ccccc2S(=O)(=O)C(F)F)n1. The van der Waals surface area contributed by atoms with E-state index in [2.05, 4.69) is 9.97 Å². The molecule has 1 aromatic heterocycles. The summed E-state index contributed by atoms with van der Waals surface area (Å²) in [5.41, 5.74) is 5.46. The maximum Gasteiger partial charge on any atom is 0.341 e. The molecule has 0 aliphatic rings. The van der Waals surface area contributed by atoms with Crippen molar-refractivity contribution in [3.05, 3.63) is 36.5 Å². The first-order valence-corrected chi connectivity index (χ1v) is 6.67.